The molecule has 0 bridgehead atoms. The molecule has 9 heteroatoms. The lowest BCUT2D eigenvalue weighted by Crippen LogP contribution is -2.32. The lowest BCUT2D eigenvalue weighted by molar-refractivity contribution is -0.121. The van der Waals surface area contributed by atoms with Gasteiger partial charge in [-0.3, -0.25) is 4.79 Å². The van der Waals surface area contributed by atoms with Gasteiger partial charge in [0.1, 0.15) is 11.5 Å². The van der Waals surface area contributed by atoms with Gasteiger partial charge in [-0.2, -0.15) is 0 Å². The number of hydrogen-bond acceptors (Lipinski definition) is 4. The second kappa shape index (κ2) is 7.75. The van der Waals surface area contributed by atoms with Crippen LogP contribution in [0.15, 0.2) is 39.6 Å². The molecule has 0 aliphatic rings. The van der Waals surface area contributed by atoms with Gasteiger partial charge in [-0.1, -0.05) is 0 Å². The molecule has 1 aromatic heterocycles. The van der Waals surface area contributed by atoms with Crippen molar-refractivity contribution in [3.8, 4) is 0 Å². The molecule has 1 aromatic carbocycles. The van der Waals surface area contributed by atoms with Crippen LogP contribution in [0, 0.1) is 18.6 Å². The number of rotatable bonds is 7. The summed E-state index contributed by atoms with van der Waals surface area (Å²) >= 11 is 0. The second-order valence-corrected chi connectivity index (χ2v) is 7.23. The highest BCUT2D eigenvalue weighted by Crippen LogP contribution is 2.16. The zero-order valence-corrected chi connectivity index (χ0v) is 14.5. The van der Waals surface area contributed by atoms with Gasteiger partial charge in [0.15, 0.2) is 11.6 Å². The number of halogens is 2. The molecule has 1 atom stereocenters. The molecule has 0 radical (unpaired) electrons. The monoisotopic (exact) mass is 372 g/mol. The van der Waals surface area contributed by atoms with Gasteiger partial charge in [0.25, 0.3) is 0 Å². The van der Waals surface area contributed by atoms with E-state index >= 15 is 0 Å². The normalized spacial score (nSPS) is 12.8. The number of carbonyl (C=O) groups excluding carboxylic acids is 1. The predicted molar refractivity (Wildman–Crippen MR) is 86.2 cm³/mol. The Morgan fingerprint density at radius 1 is 1.20 bits per heavy atom. The van der Waals surface area contributed by atoms with Gasteiger partial charge < -0.3 is 9.73 Å². The minimum Gasteiger partial charge on any atom is -0.464 e. The number of sulfonamides is 1. The average molecular weight is 372 g/mol. The molecule has 0 saturated heterocycles. The maximum Gasteiger partial charge on any atom is 0.240 e. The largest absolute Gasteiger partial charge is 0.464 e. The molecule has 0 fully saturated rings. The third-order valence-electron chi connectivity index (χ3n) is 3.41. The summed E-state index contributed by atoms with van der Waals surface area (Å²) in [5, 5.41) is 2.68. The van der Waals surface area contributed by atoms with Crippen molar-refractivity contribution in [3.05, 3.63) is 53.5 Å². The molecule has 2 N–H and O–H groups in total. The lowest BCUT2D eigenvalue weighted by Gasteiger charge is -2.12. The van der Waals surface area contributed by atoms with Gasteiger partial charge in [0.05, 0.1) is 10.9 Å². The van der Waals surface area contributed by atoms with Gasteiger partial charge in [-0.15, -0.1) is 0 Å². The fourth-order valence-corrected chi connectivity index (χ4v) is 3.14. The summed E-state index contributed by atoms with van der Waals surface area (Å²) in [5.74, 6) is -1.47. The van der Waals surface area contributed by atoms with Crippen LogP contribution in [0.25, 0.3) is 0 Å². The summed E-state index contributed by atoms with van der Waals surface area (Å²) in [4.78, 5) is 11.4. The van der Waals surface area contributed by atoms with Crippen LogP contribution in [0.5, 0.6) is 0 Å². The molecule has 1 amide bonds. The number of hydrogen-bond donors (Lipinski definition) is 2. The molecule has 0 aliphatic heterocycles. The molecular formula is C16H18F2N2O4S. The first-order valence-corrected chi connectivity index (χ1v) is 8.98. The Labute approximate surface area is 144 Å². The van der Waals surface area contributed by atoms with E-state index in [1.54, 1.807) is 26.0 Å². The number of amides is 1. The summed E-state index contributed by atoms with van der Waals surface area (Å²) in [6.07, 6.45) is -0.118. The van der Waals surface area contributed by atoms with Gasteiger partial charge >= 0.3 is 0 Å². The minimum absolute atomic E-state index is 0.118. The Hall–Kier alpha value is -2.26. The van der Waals surface area contributed by atoms with Crippen LogP contribution < -0.4 is 10.0 Å². The van der Waals surface area contributed by atoms with E-state index in [0.717, 1.165) is 17.9 Å². The van der Waals surface area contributed by atoms with Crippen molar-refractivity contribution in [2.24, 2.45) is 0 Å². The van der Waals surface area contributed by atoms with E-state index in [9.17, 15) is 22.0 Å². The standard InChI is InChI=1S/C16H18F2N2O4S/c1-10-3-6-15(24-10)11(2)20-16(21)7-8-19-25(22,23)12-4-5-13(17)14(18)9-12/h3-6,9,11,19H,7-8H2,1-2H3,(H,20,21). The van der Waals surface area contributed by atoms with E-state index in [-0.39, 0.29) is 24.9 Å². The van der Waals surface area contributed by atoms with Gasteiger partial charge in [-0.05, 0) is 44.2 Å². The Morgan fingerprint density at radius 3 is 2.52 bits per heavy atom. The quantitative estimate of drug-likeness (QED) is 0.781. The van der Waals surface area contributed by atoms with E-state index in [0.29, 0.717) is 11.8 Å². The molecule has 136 valence electrons. The fraction of sp³-hybridized carbons (Fsp3) is 0.312. The van der Waals surface area contributed by atoms with Crippen molar-refractivity contribution >= 4 is 15.9 Å². The Bertz CT molecular complexity index is 865. The third kappa shape index (κ3) is 5.10. The molecule has 25 heavy (non-hydrogen) atoms. The lowest BCUT2D eigenvalue weighted by atomic mass is 10.2. The number of carbonyl (C=O) groups is 1. The fourth-order valence-electron chi connectivity index (χ4n) is 2.10. The van der Waals surface area contributed by atoms with Crippen molar-refractivity contribution in [1.82, 2.24) is 10.0 Å². The Kier molecular flexibility index (Phi) is 5.91. The predicted octanol–water partition coefficient (Wildman–Crippen LogP) is 2.41. The maximum absolute atomic E-state index is 13.1. The smallest absolute Gasteiger partial charge is 0.240 e. The van der Waals surface area contributed by atoms with Crippen molar-refractivity contribution in [3.63, 3.8) is 0 Å². The zero-order valence-electron chi connectivity index (χ0n) is 13.7. The van der Waals surface area contributed by atoms with Crippen molar-refractivity contribution in [2.75, 3.05) is 6.54 Å². The molecule has 1 unspecified atom stereocenters. The van der Waals surface area contributed by atoms with Crippen LogP contribution in [0.1, 0.15) is 30.9 Å². The van der Waals surface area contributed by atoms with Crippen LogP contribution in [0.2, 0.25) is 0 Å². The summed E-state index contributed by atoms with van der Waals surface area (Å²) < 4.78 is 57.5. The van der Waals surface area contributed by atoms with Crippen LogP contribution in [-0.4, -0.2) is 20.9 Å². The van der Waals surface area contributed by atoms with Crippen LogP contribution in [0.3, 0.4) is 0 Å². The van der Waals surface area contributed by atoms with Gasteiger partial charge in [0.2, 0.25) is 15.9 Å². The molecular weight excluding hydrogens is 354 g/mol. The highest BCUT2D eigenvalue weighted by atomic mass is 32.2. The van der Waals surface area contributed by atoms with E-state index in [1.807, 2.05) is 0 Å². The Balaban J connectivity index is 1.86. The van der Waals surface area contributed by atoms with E-state index in [1.165, 1.54) is 0 Å². The molecule has 0 spiro atoms. The van der Waals surface area contributed by atoms with E-state index < -0.39 is 26.6 Å². The highest BCUT2D eigenvalue weighted by molar-refractivity contribution is 7.89. The average Bonchev–Trinajstić information content (AvgIpc) is 2.96. The van der Waals surface area contributed by atoms with Crippen molar-refractivity contribution in [1.29, 1.82) is 0 Å². The third-order valence-corrected chi connectivity index (χ3v) is 4.87. The summed E-state index contributed by atoms with van der Waals surface area (Å²) in [5.41, 5.74) is 0. The summed E-state index contributed by atoms with van der Waals surface area (Å²) in [7, 11) is -4.03. The maximum atomic E-state index is 13.1. The number of nitrogens with one attached hydrogen (secondary N) is 2. The first-order valence-electron chi connectivity index (χ1n) is 7.49. The van der Waals surface area contributed by atoms with Crippen LogP contribution in [-0.2, 0) is 14.8 Å². The molecule has 6 nitrogen and oxygen atoms in total. The molecule has 2 aromatic rings. The molecule has 0 saturated carbocycles. The van der Waals surface area contributed by atoms with E-state index in [2.05, 4.69) is 10.0 Å². The van der Waals surface area contributed by atoms with Crippen molar-refractivity contribution in [2.45, 2.75) is 31.2 Å². The van der Waals surface area contributed by atoms with Crippen LogP contribution >= 0.6 is 0 Å². The number of benzene rings is 1. The first kappa shape index (κ1) is 19.1. The first-order chi connectivity index (χ1) is 11.7. The SMILES string of the molecule is Cc1ccc(C(C)NC(=O)CCNS(=O)(=O)c2ccc(F)c(F)c2)o1. The minimum atomic E-state index is -4.03. The second-order valence-electron chi connectivity index (χ2n) is 5.46. The molecule has 0 aliphatic carbocycles. The Morgan fingerprint density at radius 2 is 1.92 bits per heavy atom. The van der Waals surface area contributed by atoms with Gasteiger partial charge in [-0.25, -0.2) is 21.9 Å². The van der Waals surface area contributed by atoms with E-state index in [4.69, 9.17) is 4.42 Å². The zero-order chi connectivity index (χ0) is 18.6. The molecule has 2 rings (SSSR count). The van der Waals surface area contributed by atoms with Crippen LogP contribution in [0.4, 0.5) is 8.78 Å². The summed E-state index contributed by atoms with van der Waals surface area (Å²) in [6.45, 7) is 3.34. The van der Waals surface area contributed by atoms with Gasteiger partial charge in [0, 0.05) is 13.0 Å². The topological polar surface area (TPSA) is 88.4 Å². The highest BCUT2D eigenvalue weighted by Gasteiger charge is 2.17. The molecule has 1 heterocycles. The summed E-state index contributed by atoms with van der Waals surface area (Å²) in [6, 6.07) is 5.41. The number of furan rings is 1. The van der Waals surface area contributed by atoms with Crippen molar-refractivity contribution < 1.29 is 26.4 Å². The number of aryl methyl sites for hydroxylation is 1.